The smallest absolute Gasteiger partial charge is 0.414 e. The van der Waals surface area contributed by atoms with Crippen molar-refractivity contribution in [2.45, 2.75) is 97.4 Å². The monoisotopic (exact) mass is 516 g/mol. The molecule has 1 atom stereocenters. The van der Waals surface area contributed by atoms with Gasteiger partial charge in [0.1, 0.15) is 11.2 Å². The van der Waals surface area contributed by atoms with Crippen molar-refractivity contribution in [1.82, 2.24) is 16.0 Å². The first-order valence-electron chi connectivity index (χ1n) is 12.1. The lowest BCUT2D eigenvalue weighted by molar-refractivity contribution is -0.158. The molecule has 12 nitrogen and oxygen atoms in total. The lowest BCUT2D eigenvalue weighted by Crippen LogP contribution is -2.47. The molecule has 1 unspecified atom stereocenters. The van der Waals surface area contributed by atoms with Gasteiger partial charge in [0.25, 0.3) is 5.91 Å². The molecule has 0 aromatic rings. The summed E-state index contributed by atoms with van der Waals surface area (Å²) in [7, 11) is 2.47. The first kappa shape index (κ1) is 33.1. The summed E-state index contributed by atoms with van der Waals surface area (Å²) in [5.74, 6) is -1.28. The molecule has 0 spiro atoms. The van der Waals surface area contributed by atoms with Crippen molar-refractivity contribution in [2.24, 2.45) is 4.99 Å². The number of methoxy groups -OCH3 is 2. The lowest BCUT2D eigenvalue weighted by Gasteiger charge is -2.22. The van der Waals surface area contributed by atoms with Gasteiger partial charge in [-0.2, -0.15) is 0 Å². The van der Waals surface area contributed by atoms with Crippen molar-refractivity contribution in [2.75, 3.05) is 27.3 Å². The van der Waals surface area contributed by atoms with Gasteiger partial charge < -0.3 is 24.3 Å². The summed E-state index contributed by atoms with van der Waals surface area (Å²) in [5.41, 5.74) is -1.40. The number of carbonyl (C=O) groups is 4. The third-order valence-corrected chi connectivity index (χ3v) is 4.28. The maximum atomic E-state index is 12.1. The van der Waals surface area contributed by atoms with Gasteiger partial charge in [-0.05, 0) is 54.4 Å². The fourth-order valence-electron chi connectivity index (χ4n) is 2.77. The molecule has 0 aliphatic heterocycles. The number of guanidine groups is 1. The van der Waals surface area contributed by atoms with Gasteiger partial charge in [0, 0.05) is 20.2 Å². The number of nitrogens with one attached hydrogen (secondary N) is 3. The molecular formula is C24H44N4O8. The van der Waals surface area contributed by atoms with E-state index in [1.807, 2.05) is 0 Å². The minimum atomic E-state index is -1.25. The molecule has 0 heterocycles. The summed E-state index contributed by atoms with van der Waals surface area (Å²) in [6.07, 6.45) is 2.54. The second-order valence-electron chi connectivity index (χ2n) is 10.0. The number of rotatable bonds is 12. The molecule has 0 saturated carbocycles. The molecule has 0 rings (SSSR count). The number of aliphatic imine (C=N–C) groups is 1. The summed E-state index contributed by atoms with van der Waals surface area (Å²) in [5, 5.41) is 7.56. The molecule has 0 saturated heterocycles. The van der Waals surface area contributed by atoms with Crippen LogP contribution in [0.1, 0.15) is 80.1 Å². The van der Waals surface area contributed by atoms with Gasteiger partial charge >= 0.3 is 18.2 Å². The standard InChI is InChI=1S/C24H44N4O8/c1-23(2,3)35-21(31)27-20(28-22(32)36-24(4,5)6)26-16-14-12-10-9-11-13-15-25-18(29)17(33-7)19(30)34-8/h17H,9-16H2,1-8H3,(H,25,29)(H2,26,27,28,31,32). The normalized spacial score (nSPS) is 12.1. The molecule has 36 heavy (non-hydrogen) atoms. The van der Waals surface area contributed by atoms with Crippen LogP contribution in [0.5, 0.6) is 0 Å². The highest BCUT2D eigenvalue weighted by atomic mass is 16.6. The number of carbonyl (C=O) groups excluding carboxylic acids is 4. The third kappa shape index (κ3) is 17.5. The average Bonchev–Trinajstić information content (AvgIpc) is 2.72. The maximum absolute atomic E-state index is 12.1. The molecule has 0 bridgehead atoms. The second-order valence-corrected chi connectivity index (χ2v) is 10.0. The van der Waals surface area contributed by atoms with E-state index in [0.717, 1.165) is 38.5 Å². The molecule has 208 valence electrons. The van der Waals surface area contributed by atoms with E-state index >= 15 is 0 Å². The Hall–Kier alpha value is -2.89. The van der Waals surface area contributed by atoms with Crippen LogP contribution >= 0.6 is 0 Å². The maximum Gasteiger partial charge on any atom is 0.414 e. The van der Waals surface area contributed by atoms with Crippen LogP contribution in [0.2, 0.25) is 0 Å². The quantitative estimate of drug-likeness (QED) is 0.0893. The summed E-state index contributed by atoms with van der Waals surface area (Å²) < 4.78 is 19.8. The summed E-state index contributed by atoms with van der Waals surface area (Å²) in [6.45, 7) is 11.2. The Kier molecular flexibility index (Phi) is 15.4. The first-order valence-corrected chi connectivity index (χ1v) is 12.1. The van der Waals surface area contributed by atoms with Gasteiger partial charge in [-0.3, -0.25) is 20.4 Å². The molecular weight excluding hydrogens is 472 g/mol. The van der Waals surface area contributed by atoms with E-state index in [2.05, 4.69) is 25.7 Å². The van der Waals surface area contributed by atoms with Crippen molar-refractivity contribution < 1.29 is 38.1 Å². The number of amides is 3. The van der Waals surface area contributed by atoms with Crippen molar-refractivity contribution in [3.63, 3.8) is 0 Å². The Morgan fingerprint density at radius 3 is 1.67 bits per heavy atom. The van der Waals surface area contributed by atoms with Crippen LogP contribution in [0.15, 0.2) is 4.99 Å². The minimum Gasteiger partial charge on any atom is -0.467 e. The van der Waals surface area contributed by atoms with Gasteiger partial charge in [-0.1, -0.05) is 25.7 Å². The zero-order valence-electron chi connectivity index (χ0n) is 22.9. The predicted octanol–water partition coefficient (Wildman–Crippen LogP) is 3.04. The largest absolute Gasteiger partial charge is 0.467 e. The van der Waals surface area contributed by atoms with Crippen molar-refractivity contribution in [3.05, 3.63) is 0 Å². The SMILES string of the molecule is COC(=O)C(OC)C(=O)NCCCCCCCCN=C(NC(=O)OC(C)(C)C)NC(=O)OC(C)(C)C. The third-order valence-electron chi connectivity index (χ3n) is 4.28. The number of unbranched alkanes of at least 4 members (excludes halogenated alkanes) is 5. The van der Waals surface area contributed by atoms with Gasteiger partial charge in [0.05, 0.1) is 7.11 Å². The first-order chi connectivity index (χ1) is 16.7. The van der Waals surface area contributed by atoms with Gasteiger partial charge in [-0.15, -0.1) is 0 Å². The number of nitrogens with zero attached hydrogens (tertiary/aromatic N) is 1. The molecule has 0 aliphatic carbocycles. The molecule has 3 N–H and O–H groups in total. The highest BCUT2D eigenvalue weighted by Crippen LogP contribution is 2.08. The molecule has 0 aromatic carbocycles. The van der Waals surface area contributed by atoms with Crippen LogP contribution in [0.4, 0.5) is 9.59 Å². The number of esters is 1. The summed E-state index contributed by atoms with van der Waals surface area (Å²) in [4.78, 5) is 51.8. The van der Waals surface area contributed by atoms with E-state index in [-0.39, 0.29) is 5.96 Å². The summed E-state index contributed by atoms with van der Waals surface area (Å²) >= 11 is 0. The molecule has 0 aromatic heterocycles. The van der Waals surface area contributed by atoms with Crippen LogP contribution in [0.25, 0.3) is 0 Å². The van der Waals surface area contributed by atoms with E-state index < -0.39 is 41.4 Å². The fraction of sp³-hybridized carbons (Fsp3) is 0.792. The highest BCUT2D eigenvalue weighted by Gasteiger charge is 2.26. The van der Waals surface area contributed by atoms with E-state index in [0.29, 0.717) is 13.1 Å². The van der Waals surface area contributed by atoms with Gasteiger partial charge in [0.2, 0.25) is 12.1 Å². The molecule has 3 amide bonds. The predicted molar refractivity (Wildman–Crippen MR) is 135 cm³/mol. The zero-order valence-corrected chi connectivity index (χ0v) is 22.9. The van der Waals surface area contributed by atoms with Crippen LogP contribution in [-0.4, -0.2) is 74.6 Å². The Bertz CT molecular complexity index is 709. The Balaban J connectivity index is 4.38. The highest BCUT2D eigenvalue weighted by molar-refractivity contribution is 6.01. The lowest BCUT2D eigenvalue weighted by atomic mass is 10.1. The van der Waals surface area contributed by atoms with E-state index in [1.54, 1.807) is 41.5 Å². The van der Waals surface area contributed by atoms with Gasteiger partial charge in [0.15, 0.2) is 0 Å². The van der Waals surface area contributed by atoms with E-state index in [1.165, 1.54) is 14.2 Å². The van der Waals surface area contributed by atoms with Crippen molar-refractivity contribution in [3.8, 4) is 0 Å². The van der Waals surface area contributed by atoms with Crippen LogP contribution in [0.3, 0.4) is 0 Å². The van der Waals surface area contributed by atoms with E-state index in [4.69, 9.17) is 14.2 Å². The van der Waals surface area contributed by atoms with Crippen LogP contribution in [0, 0.1) is 0 Å². The van der Waals surface area contributed by atoms with Crippen molar-refractivity contribution in [1.29, 1.82) is 0 Å². The fourth-order valence-corrected chi connectivity index (χ4v) is 2.77. The zero-order chi connectivity index (χ0) is 27.8. The van der Waals surface area contributed by atoms with Crippen LogP contribution < -0.4 is 16.0 Å². The van der Waals surface area contributed by atoms with Crippen molar-refractivity contribution >= 4 is 30.0 Å². The average molecular weight is 517 g/mol. The number of ether oxygens (including phenoxy) is 4. The number of hydrogen-bond donors (Lipinski definition) is 3. The molecule has 0 radical (unpaired) electrons. The second kappa shape index (κ2) is 16.7. The molecule has 0 aliphatic rings. The van der Waals surface area contributed by atoms with Gasteiger partial charge in [-0.25, -0.2) is 14.4 Å². The van der Waals surface area contributed by atoms with E-state index in [9.17, 15) is 19.2 Å². The number of hydrogen-bond acceptors (Lipinski definition) is 9. The number of alkyl carbamates (subject to hydrolysis) is 2. The Morgan fingerprint density at radius 1 is 0.750 bits per heavy atom. The topological polar surface area (TPSA) is 154 Å². The Labute approximate surface area is 214 Å². The van der Waals surface area contributed by atoms with Crippen LogP contribution in [-0.2, 0) is 28.5 Å². The summed E-state index contributed by atoms with van der Waals surface area (Å²) in [6, 6.07) is 0. The molecule has 0 fully saturated rings. The Morgan fingerprint density at radius 2 is 1.22 bits per heavy atom. The molecule has 12 heteroatoms. The minimum absolute atomic E-state index is 0.0319.